The number of nitrogens with zero attached hydrogens (tertiary/aromatic N) is 1. The Morgan fingerprint density at radius 1 is 1.26 bits per heavy atom. The molecule has 2 rings (SSSR count). The van der Waals surface area contributed by atoms with E-state index in [1.54, 1.807) is 0 Å². The van der Waals surface area contributed by atoms with Gasteiger partial charge in [-0.1, -0.05) is 50.3 Å². The van der Waals surface area contributed by atoms with Crippen LogP contribution >= 0.6 is 11.3 Å². The zero-order valence-electron chi connectivity index (χ0n) is 11.9. The van der Waals surface area contributed by atoms with Crippen molar-refractivity contribution in [2.24, 2.45) is 0 Å². The highest BCUT2D eigenvalue weighted by atomic mass is 32.1. The van der Waals surface area contributed by atoms with E-state index in [2.05, 4.69) is 10.3 Å². The van der Waals surface area contributed by atoms with Gasteiger partial charge in [-0.3, -0.25) is 4.79 Å². The molecule has 0 amide bonds. The Morgan fingerprint density at radius 2 is 1.89 bits per heavy atom. The van der Waals surface area contributed by atoms with E-state index in [9.17, 15) is 4.79 Å². The number of hydrogen-bond donors (Lipinski definition) is 1. The van der Waals surface area contributed by atoms with Gasteiger partial charge in [-0.25, -0.2) is 4.98 Å². The van der Waals surface area contributed by atoms with Gasteiger partial charge in [-0.15, -0.1) is 0 Å². The molecule has 0 aliphatic heterocycles. The highest BCUT2D eigenvalue weighted by Crippen LogP contribution is 2.26. The van der Waals surface area contributed by atoms with Crippen LogP contribution in [-0.4, -0.2) is 10.8 Å². The number of benzene rings is 1. The van der Waals surface area contributed by atoms with Crippen molar-refractivity contribution in [1.29, 1.82) is 0 Å². The van der Waals surface area contributed by atoms with Crippen molar-refractivity contribution in [3.05, 3.63) is 40.9 Å². The molecule has 4 heteroatoms. The van der Waals surface area contributed by atoms with Gasteiger partial charge in [0.15, 0.2) is 10.9 Å². The molecule has 0 unspecified atom stereocenters. The third-order valence-electron chi connectivity index (χ3n) is 2.40. The highest BCUT2D eigenvalue weighted by molar-refractivity contribution is 7.17. The second kappa shape index (κ2) is 7.69. The number of thiazole rings is 1. The van der Waals surface area contributed by atoms with Crippen molar-refractivity contribution in [3.8, 4) is 0 Å². The van der Waals surface area contributed by atoms with Crippen LogP contribution in [0.25, 0.3) is 0 Å². The Labute approximate surface area is 118 Å². The fourth-order valence-corrected chi connectivity index (χ4v) is 2.51. The Bertz CT molecular complexity index is 520. The van der Waals surface area contributed by atoms with E-state index in [-0.39, 0.29) is 5.78 Å². The van der Waals surface area contributed by atoms with E-state index >= 15 is 0 Å². The van der Waals surface area contributed by atoms with Gasteiger partial charge < -0.3 is 5.32 Å². The van der Waals surface area contributed by atoms with E-state index < -0.39 is 0 Å². The second-order valence-corrected chi connectivity index (χ2v) is 4.70. The fraction of sp³-hybridized carbons (Fsp3) is 0.333. The average Bonchev–Trinajstić information content (AvgIpc) is 2.82. The maximum Gasteiger partial charge on any atom is 0.188 e. The van der Waals surface area contributed by atoms with Crippen LogP contribution < -0.4 is 5.32 Å². The monoisotopic (exact) mass is 276 g/mol. The first-order chi connectivity index (χ1) is 9.20. The third-order valence-corrected chi connectivity index (χ3v) is 3.51. The second-order valence-electron chi connectivity index (χ2n) is 3.70. The summed E-state index contributed by atoms with van der Waals surface area (Å²) in [4.78, 5) is 16.8. The maximum absolute atomic E-state index is 11.6. The zero-order valence-corrected chi connectivity index (χ0v) is 12.7. The molecule has 0 saturated carbocycles. The van der Waals surface area contributed by atoms with Crippen molar-refractivity contribution < 1.29 is 4.79 Å². The van der Waals surface area contributed by atoms with Crippen molar-refractivity contribution in [3.63, 3.8) is 0 Å². The summed E-state index contributed by atoms with van der Waals surface area (Å²) in [6, 6.07) is 9.82. The molecule has 0 radical (unpaired) electrons. The predicted octanol–water partition coefficient (Wildman–Crippen LogP) is 4.81. The number of ketones is 1. The summed E-state index contributed by atoms with van der Waals surface area (Å²) in [5.41, 5.74) is 1.79. The van der Waals surface area contributed by atoms with Crippen LogP contribution in [0.1, 0.15) is 42.6 Å². The minimum atomic E-state index is 0.154. The molecular weight excluding hydrogens is 256 g/mol. The molecule has 0 spiro atoms. The Kier molecular flexibility index (Phi) is 6.22. The van der Waals surface area contributed by atoms with Crippen LogP contribution in [0.3, 0.4) is 0 Å². The summed E-state index contributed by atoms with van der Waals surface area (Å²) in [6.45, 7) is 7.74. The first kappa shape index (κ1) is 15.4. The highest BCUT2D eigenvalue weighted by Gasteiger charge is 2.13. The molecule has 3 nitrogen and oxygen atoms in total. The van der Waals surface area contributed by atoms with Gasteiger partial charge >= 0.3 is 0 Å². The molecule has 102 valence electrons. The van der Waals surface area contributed by atoms with E-state index in [0.29, 0.717) is 6.42 Å². The molecule has 2 aromatic rings. The number of Topliss-reactive ketones (excluding diaryl/α,β-unsaturated/α-hetero) is 1. The summed E-state index contributed by atoms with van der Waals surface area (Å²) >= 11 is 1.42. The lowest BCUT2D eigenvalue weighted by atomic mass is 10.2. The molecule has 19 heavy (non-hydrogen) atoms. The van der Waals surface area contributed by atoms with Crippen LogP contribution in [-0.2, 0) is 0 Å². The zero-order chi connectivity index (χ0) is 14.3. The van der Waals surface area contributed by atoms with Crippen molar-refractivity contribution in [2.45, 2.75) is 34.1 Å². The van der Waals surface area contributed by atoms with Gasteiger partial charge in [0.25, 0.3) is 0 Å². The number of carbonyl (C=O) groups is 1. The summed E-state index contributed by atoms with van der Waals surface area (Å²) in [6.07, 6.45) is 0.522. The van der Waals surface area contributed by atoms with Crippen LogP contribution in [0.4, 0.5) is 10.8 Å². The van der Waals surface area contributed by atoms with E-state index in [0.717, 1.165) is 21.4 Å². The molecule has 0 aliphatic rings. The molecule has 0 aliphatic carbocycles. The molecule has 0 atom stereocenters. The Balaban J connectivity index is 0.000000861. The van der Waals surface area contributed by atoms with Crippen LogP contribution in [0.5, 0.6) is 0 Å². The van der Waals surface area contributed by atoms with Gasteiger partial charge in [0.05, 0.1) is 10.6 Å². The number of rotatable bonds is 4. The van der Waals surface area contributed by atoms with Crippen LogP contribution in [0.2, 0.25) is 0 Å². The lowest BCUT2D eigenvalue weighted by Gasteiger charge is -2.00. The summed E-state index contributed by atoms with van der Waals surface area (Å²) < 4.78 is 0. The molecule has 1 aromatic heterocycles. The molecule has 0 fully saturated rings. The average molecular weight is 276 g/mol. The third kappa shape index (κ3) is 4.17. The molecule has 1 heterocycles. The lowest BCUT2D eigenvalue weighted by Crippen LogP contribution is -1.94. The number of aromatic nitrogens is 1. The van der Waals surface area contributed by atoms with Crippen molar-refractivity contribution in [1.82, 2.24) is 4.98 Å². The summed E-state index contributed by atoms with van der Waals surface area (Å²) in [5, 5.41) is 3.97. The number of aryl methyl sites for hydroxylation is 1. The van der Waals surface area contributed by atoms with Gasteiger partial charge in [0.1, 0.15) is 0 Å². The van der Waals surface area contributed by atoms with E-state index in [1.165, 1.54) is 11.3 Å². The van der Waals surface area contributed by atoms with E-state index in [4.69, 9.17) is 0 Å². The number of hydrogen-bond acceptors (Lipinski definition) is 4. The molecule has 0 bridgehead atoms. The first-order valence-electron chi connectivity index (χ1n) is 6.53. The summed E-state index contributed by atoms with van der Waals surface area (Å²) in [5.74, 6) is 0.154. The number of para-hydroxylation sites is 1. The quantitative estimate of drug-likeness (QED) is 0.814. The van der Waals surface area contributed by atoms with Crippen LogP contribution in [0.15, 0.2) is 30.3 Å². The normalized spacial score (nSPS) is 9.47. The molecule has 0 saturated heterocycles. The summed E-state index contributed by atoms with van der Waals surface area (Å²) in [7, 11) is 0. The van der Waals surface area contributed by atoms with Gasteiger partial charge in [-0.05, 0) is 19.1 Å². The molecule has 1 N–H and O–H groups in total. The van der Waals surface area contributed by atoms with Crippen LogP contribution in [0, 0.1) is 6.92 Å². The van der Waals surface area contributed by atoms with Crippen molar-refractivity contribution >= 4 is 27.9 Å². The Hall–Kier alpha value is -1.68. The molecule has 1 aromatic carbocycles. The topological polar surface area (TPSA) is 42.0 Å². The maximum atomic E-state index is 11.6. The number of anilines is 2. The van der Waals surface area contributed by atoms with E-state index in [1.807, 2.05) is 58.0 Å². The largest absolute Gasteiger partial charge is 0.332 e. The van der Waals surface area contributed by atoms with Gasteiger partial charge in [0.2, 0.25) is 0 Å². The van der Waals surface area contributed by atoms with Gasteiger partial charge in [0, 0.05) is 12.1 Å². The minimum Gasteiger partial charge on any atom is -0.332 e. The minimum absolute atomic E-state index is 0.154. The smallest absolute Gasteiger partial charge is 0.188 e. The first-order valence-corrected chi connectivity index (χ1v) is 7.35. The fourth-order valence-electron chi connectivity index (χ4n) is 1.51. The van der Waals surface area contributed by atoms with Crippen molar-refractivity contribution in [2.75, 3.05) is 5.32 Å². The standard InChI is InChI=1S/C13H14N2OS.C2H6/c1-3-11(16)12-9(2)14-13(17-12)15-10-7-5-4-6-8-10;1-2/h4-8H,3H2,1-2H3,(H,14,15);1-2H3. The Morgan fingerprint density at radius 3 is 2.47 bits per heavy atom. The molecular formula is C15H20N2OS. The SMILES string of the molecule is CC.CCC(=O)c1sc(Nc2ccccc2)nc1C. The lowest BCUT2D eigenvalue weighted by molar-refractivity contribution is 0.0991. The number of nitrogens with one attached hydrogen (secondary N) is 1. The van der Waals surface area contributed by atoms with Gasteiger partial charge in [-0.2, -0.15) is 0 Å². The number of carbonyl (C=O) groups excluding carboxylic acids is 1. The predicted molar refractivity (Wildman–Crippen MR) is 82.5 cm³/mol.